The summed E-state index contributed by atoms with van der Waals surface area (Å²) in [5.74, 6) is -2.77. The Morgan fingerprint density at radius 3 is 2.40 bits per heavy atom. The first kappa shape index (κ1) is 11.4. The molecule has 0 fully saturated rings. The first-order valence-electron chi connectivity index (χ1n) is 4.27. The zero-order valence-corrected chi connectivity index (χ0v) is 8.59. The van der Waals surface area contributed by atoms with Gasteiger partial charge >= 0.3 is 5.97 Å². The van der Waals surface area contributed by atoms with Crippen LogP contribution in [0.4, 0.5) is 4.39 Å². The summed E-state index contributed by atoms with van der Waals surface area (Å²) in [5, 5.41) is 8.62. The summed E-state index contributed by atoms with van der Waals surface area (Å²) in [6, 6.07) is 0. The van der Waals surface area contributed by atoms with Crippen molar-refractivity contribution in [1.29, 1.82) is 0 Å². The van der Waals surface area contributed by atoms with Gasteiger partial charge < -0.3 is 10.1 Å². The van der Waals surface area contributed by atoms with Crippen LogP contribution >= 0.6 is 0 Å². The van der Waals surface area contributed by atoms with Crippen LogP contribution in [-0.2, 0) is 5.41 Å². The van der Waals surface area contributed by atoms with Crippen molar-refractivity contribution in [2.75, 3.05) is 0 Å². The van der Waals surface area contributed by atoms with Crippen molar-refractivity contribution in [2.45, 2.75) is 26.2 Å². The van der Waals surface area contributed by atoms with Crippen LogP contribution in [0.15, 0.2) is 4.79 Å². The SMILES string of the molecule is CC(C)(C)c1nc(C(=O)O)c(F)c(=O)[nH]1. The molecule has 1 rings (SSSR count). The van der Waals surface area contributed by atoms with Crippen LogP contribution in [-0.4, -0.2) is 21.0 Å². The molecular weight excluding hydrogens is 203 g/mol. The van der Waals surface area contributed by atoms with Gasteiger partial charge in [-0.25, -0.2) is 9.78 Å². The lowest BCUT2D eigenvalue weighted by atomic mass is 9.95. The third-order valence-corrected chi connectivity index (χ3v) is 1.78. The lowest BCUT2D eigenvalue weighted by Crippen LogP contribution is -2.27. The third-order valence-electron chi connectivity index (χ3n) is 1.78. The summed E-state index contributed by atoms with van der Waals surface area (Å²) in [6.45, 7) is 5.19. The van der Waals surface area contributed by atoms with E-state index in [1.807, 2.05) is 0 Å². The molecule has 2 N–H and O–H groups in total. The highest BCUT2D eigenvalue weighted by molar-refractivity contribution is 5.85. The van der Waals surface area contributed by atoms with Crippen LogP contribution in [0, 0.1) is 5.82 Å². The minimum Gasteiger partial charge on any atom is -0.476 e. The van der Waals surface area contributed by atoms with Gasteiger partial charge in [-0.2, -0.15) is 4.39 Å². The molecule has 0 atom stereocenters. The summed E-state index contributed by atoms with van der Waals surface area (Å²) in [7, 11) is 0. The van der Waals surface area contributed by atoms with Crippen molar-refractivity contribution in [3.8, 4) is 0 Å². The molecule has 0 amide bonds. The van der Waals surface area contributed by atoms with E-state index >= 15 is 0 Å². The summed E-state index contributed by atoms with van der Waals surface area (Å²) in [6.07, 6.45) is 0. The van der Waals surface area contributed by atoms with Gasteiger partial charge in [-0.1, -0.05) is 20.8 Å². The first-order valence-corrected chi connectivity index (χ1v) is 4.27. The van der Waals surface area contributed by atoms with Crippen molar-refractivity contribution < 1.29 is 14.3 Å². The van der Waals surface area contributed by atoms with Gasteiger partial charge in [-0.3, -0.25) is 4.79 Å². The maximum atomic E-state index is 13.0. The molecular formula is C9H11FN2O3. The number of aromatic amines is 1. The number of hydrogen-bond acceptors (Lipinski definition) is 3. The highest BCUT2D eigenvalue weighted by Crippen LogP contribution is 2.17. The number of aromatic nitrogens is 2. The van der Waals surface area contributed by atoms with Gasteiger partial charge in [-0.05, 0) is 0 Å². The maximum Gasteiger partial charge on any atom is 0.357 e. The van der Waals surface area contributed by atoms with Crippen LogP contribution in [0.5, 0.6) is 0 Å². The summed E-state index contributed by atoms with van der Waals surface area (Å²) < 4.78 is 13.0. The maximum absolute atomic E-state index is 13.0. The second-order valence-corrected chi connectivity index (χ2v) is 4.13. The van der Waals surface area contributed by atoms with Crippen LogP contribution < -0.4 is 5.56 Å². The summed E-state index contributed by atoms with van der Waals surface area (Å²) in [4.78, 5) is 27.5. The van der Waals surface area contributed by atoms with Crippen molar-refractivity contribution in [2.24, 2.45) is 0 Å². The Hall–Kier alpha value is -1.72. The van der Waals surface area contributed by atoms with E-state index in [1.54, 1.807) is 20.8 Å². The Kier molecular flexibility index (Phi) is 2.61. The van der Waals surface area contributed by atoms with Crippen molar-refractivity contribution in [3.63, 3.8) is 0 Å². The largest absolute Gasteiger partial charge is 0.476 e. The van der Waals surface area contributed by atoms with E-state index in [-0.39, 0.29) is 5.82 Å². The van der Waals surface area contributed by atoms with Crippen molar-refractivity contribution in [3.05, 3.63) is 27.7 Å². The number of halogens is 1. The number of nitrogens with one attached hydrogen (secondary N) is 1. The number of rotatable bonds is 1. The van der Waals surface area contributed by atoms with Crippen molar-refractivity contribution in [1.82, 2.24) is 9.97 Å². The number of carboxylic acids is 1. The second-order valence-electron chi connectivity index (χ2n) is 4.13. The number of hydrogen-bond donors (Lipinski definition) is 2. The van der Waals surface area contributed by atoms with Gasteiger partial charge in [0.15, 0.2) is 5.69 Å². The van der Waals surface area contributed by atoms with Gasteiger partial charge in [0.1, 0.15) is 5.82 Å². The molecule has 5 nitrogen and oxygen atoms in total. The molecule has 0 aliphatic carbocycles. The van der Waals surface area contributed by atoms with E-state index < -0.39 is 28.5 Å². The van der Waals surface area contributed by atoms with Gasteiger partial charge in [0.2, 0.25) is 5.82 Å². The van der Waals surface area contributed by atoms with Gasteiger partial charge in [0.05, 0.1) is 0 Å². The van der Waals surface area contributed by atoms with Crippen LogP contribution in [0.1, 0.15) is 37.1 Å². The minimum atomic E-state index is -1.55. The third kappa shape index (κ3) is 2.20. The van der Waals surface area contributed by atoms with Crippen LogP contribution in [0.3, 0.4) is 0 Å². The fraction of sp³-hybridized carbons (Fsp3) is 0.444. The van der Waals surface area contributed by atoms with Gasteiger partial charge in [0, 0.05) is 5.41 Å². The van der Waals surface area contributed by atoms with E-state index in [0.29, 0.717) is 0 Å². The van der Waals surface area contributed by atoms with E-state index in [2.05, 4.69) is 9.97 Å². The molecule has 0 aliphatic heterocycles. The average Bonchev–Trinajstić information content (AvgIpc) is 2.06. The normalized spacial score (nSPS) is 11.5. The van der Waals surface area contributed by atoms with E-state index in [1.165, 1.54) is 0 Å². The second kappa shape index (κ2) is 3.45. The molecule has 1 aromatic rings. The van der Waals surface area contributed by atoms with E-state index in [4.69, 9.17) is 5.11 Å². The molecule has 1 heterocycles. The highest BCUT2D eigenvalue weighted by atomic mass is 19.1. The molecule has 0 aliphatic rings. The molecule has 0 aromatic carbocycles. The Balaban J connectivity index is 3.50. The fourth-order valence-corrected chi connectivity index (χ4v) is 0.956. The highest BCUT2D eigenvalue weighted by Gasteiger charge is 2.23. The first-order chi connectivity index (χ1) is 6.73. The molecule has 82 valence electrons. The Morgan fingerprint density at radius 2 is 2.00 bits per heavy atom. The molecule has 6 heteroatoms. The Morgan fingerprint density at radius 1 is 1.47 bits per heavy atom. The molecule has 0 saturated carbocycles. The number of nitrogens with zero attached hydrogens (tertiary/aromatic N) is 1. The molecule has 0 bridgehead atoms. The van der Waals surface area contributed by atoms with Gasteiger partial charge in [-0.15, -0.1) is 0 Å². The standard InChI is InChI=1S/C9H11FN2O3/c1-9(2,3)8-11-5(7(14)15)4(10)6(13)12-8/h1-3H3,(H,14,15)(H,11,12,13). The zero-order chi connectivity index (χ0) is 11.8. The molecule has 0 spiro atoms. The molecule has 0 radical (unpaired) electrons. The zero-order valence-electron chi connectivity index (χ0n) is 8.59. The van der Waals surface area contributed by atoms with E-state index in [9.17, 15) is 14.0 Å². The van der Waals surface area contributed by atoms with Gasteiger partial charge in [0.25, 0.3) is 5.56 Å². The predicted octanol–water partition coefficient (Wildman–Crippen LogP) is 0.905. The quantitative estimate of drug-likeness (QED) is 0.727. The summed E-state index contributed by atoms with van der Waals surface area (Å²) in [5.41, 5.74) is -2.45. The number of H-pyrrole nitrogens is 1. The molecule has 15 heavy (non-hydrogen) atoms. The lowest BCUT2D eigenvalue weighted by molar-refractivity contribution is 0.0683. The molecule has 0 unspecified atom stereocenters. The van der Waals surface area contributed by atoms with Crippen molar-refractivity contribution >= 4 is 5.97 Å². The number of aromatic carboxylic acids is 1. The molecule has 0 saturated heterocycles. The summed E-state index contributed by atoms with van der Waals surface area (Å²) >= 11 is 0. The predicted molar refractivity (Wildman–Crippen MR) is 50.5 cm³/mol. The lowest BCUT2D eigenvalue weighted by Gasteiger charge is -2.17. The average molecular weight is 214 g/mol. The van der Waals surface area contributed by atoms with Crippen LogP contribution in [0.25, 0.3) is 0 Å². The molecule has 1 aromatic heterocycles. The smallest absolute Gasteiger partial charge is 0.357 e. The number of carboxylic acid groups (broad SMARTS) is 1. The number of carbonyl (C=O) groups is 1. The van der Waals surface area contributed by atoms with Crippen LogP contribution in [0.2, 0.25) is 0 Å². The Labute approximate surface area is 85.0 Å². The Bertz CT molecular complexity index is 459. The monoisotopic (exact) mass is 214 g/mol. The minimum absolute atomic E-state index is 0.145. The fourth-order valence-electron chi connectivity index (χ4n) is 0.956. The van der Waals surface area contributed by atoms with E-state index in [0.717, 1.165) is 0 Å². The topological polar surface area (TPSA) is 83.0 Å².